The lowest BCUT2D eigenvalue weighted by Crippen LogP contribution is -2.44. The van der Waals surface area contributed by atoms with Crippen molar-refractivity contribution >= 4 is 42.6 Å². The van der Waals surface area contributed by atoms with Gasteiger partial charge in [-0.1, -0.05) is 55.0 Å². The Morgan fingerprint density at radius 3 is 2.43 bits per heavy atom. The average Bonchev–Trinajstić information content (AvgIpc) is 3.03. The molecule has 148 valence electrons. The lowest BCUT2D eigenvalue weighted by Gasteiger charge is -2.19. The molecule has 3 aromatic rings. The van der Waals surface area contributed by atoms with E-state index in [1.54, 1.807) is 12.1 Å². The summed E-state index contributed by atoms with van der Waals surface area (Å²) in [5.74, 6) is -0.282. The molecule has 3 rings (SSSR count). The van der Waals surface area contributed by atoms with Gasteiger partial charge in [0.25, 0.3) is 0 Å². The quantitative estimate of drug-likeness (QED) is 0.609. The zero-order valence-electron chi connectivity index (χ0n) is 16.0. The topological polar surface area (TPSA) is 88.2 Å². The van der Waals surface area contributed by atoms with Crippen LogP contribution >= 0.6 is 11.3 Å². The monoisotopic (exact) mass is 417 g/mol. The fourth-order valence-electron chi connectivity index (χ4n) is 2.77. The van der Waals surface area contributed by atoms with Crippen molar-refractivity contribution in [3.8, 4) is 0 Å². The fraction of sp³-hybridized carbons (Fsp3) is 0.300. The summed E-state index contributed by atoms with van der Waals surface area (Å²) in [7, 11) is -3.81. The number of para-hydroxylation sites is 1. The van der Waals surface area contributed by atoms with Gasteiger partial charge in [0.15, 0.2) is 5.13 Å². The van der Waals surface area contributed by atoms with Crippen LogP contribution in [0.25, 0.3) is 10.2 Å². The number of nitrogens with zero attached hydrogens (tertiary/aromatic N) is 1. The maximum absolute atomic E-state index is 12.8. The van der Waals surface area contributed by atoms with Crippen LogP contribution in [0, 0.1) is 12.8 Å². The highest BCUT2D eigenvalue weighted by Gasteiger charge is 2.27. The van der Waals surface area contributed by atoms with Crippen molar-refractivity contribution in [3.63, 3.8) is 0 Å². The van der Waals surface area contributed by atoms with E-state index in [2.05, 4.69) is 15.0 Å². The number of aromatic nitrogens is 1. The third kappa shape index (κ3) is 4.95. The smallest absolute Gasteiger partial charge is 0.244 e. The largest absolute Gasteiger partial charge is 0.301 e. The molecule has 28 heavy (non-hydrogen) atoms. The zero-order chi connectivity index (χ0) is 20.3. The summed E-state index contributed by atoms with van der Waals surface area (Å²) < 4.78 is 29.0. The Morgan fingerprint density at radius 2 is 1.79 bits per heavy atom. The summed E-state index contributed by atoms with van der Waals surface area (Å²) in [4.78, 5) is 17.3. The van der Waals surface area contributed by atoms with Crippen molar-refractivity contribution in [2.45, 2.75) is 38.1 Å². The van der Waals surface area contributed by atoms with Gasteiger partial charge in [-0.2, -0.15) is 4.72 Å². The molecule has 0 saturated heterocycles. The second kappa shape index (κ2) is 8.38. The standard InChI is InChI=1S/C20H23N3O3S2/c1-13(2)12-17(23-28(25,26)15-10-8-14(3)9-11-15)19(24)22-20-21-16-6-4-5-7-18(16)27-20/h4-11,13,17,23H,12H2,1-3H3,(H,21,22,24). The normalized spacial score (nSPS) is 13.0. The zero-order valence-corrected chi connectivity index (χ0v) is 17.6. The lowest BCUT2D eigenvalue weighted by molar-refractivity contribution is -0.118. The first-order chi connectivity index (χ1) is 13.2. The van der Waals surface area contributed by atoms with Gasteiger partial charge in [0.2, 0.25) is 15.9 Å². The van der Waals surface area contributed by atoms with E-state index < -0.39 is 22.0 Å². The van der Waals surface area contributed by atoms with E-state index in [0.29, 0.717) is 11.6 Å². The predicted octanol–water partition coefficient (Wildman–Crippen LogP) is 3.94. The number of thiazole rings is 1. The van der Waals surface area contributed by atoms with Crippen molar-refractivity contribution in [2.75, 3.05) is 5.32 Å². The number of nitrogens with one attached hydrogen (secondary N) is 2. The molecule has 0 bridgehead atoms. The van der Waals surface area contributed by atoms with Crippen LogP contribution in [0.15, 0.2) is 53.4 Å². The molecule has 0 radical (unpaired) electrons. The third-order valence-corrected chi connectivity index (χ3v) is 6.62. The highest BCUT2D eigenvalue weighted by atomic mass is 32.2. The summed E-state index contributed by atoms with van der Waals surface area (Å²) in [6.07, 6.45) is 0.377. The van der Waals surface area contributed by atoms with Crippen molar-refractivity contribution in [1.29, 1.82) is 0 Å². The molecule has 1 aromatic heterocycles. The number of carbonyl (C=O) groups excluding carboxylic acids is 1. The number of fused-ring (bicyclic) bond motifs is 1. The Bertz CT molecular complexity index is 1040. The molecule has 0 aliphatic rings. The van der Waals surface area contributed by atoms with Crippen LogP contribution in [-0.2, 0) is 14.8 Å². The molecule has 1 heterocycles. The van der Waals surface area contributed by atoms with Gasteiger partial charge in [0, 0.05) is 0 Å². The van der Waals surface area contributed by atoms with Gasteiger partial charge < -0.3 is 5.32 Å². The van der Waals surface area contributed by atoms with E-state index in [1.807, 2.05) is 45.0 Å². The molecule has 0 spiro atoms. The maximum atomic E-state index is 12.8. The molecule has 1 atom stereocenters. The summed E-state index contributed by atoms with van der Waals surface area (Å²) in [6.45, 7) is 5.77. The fourth-order valence-corrected chi connectivity index (χ4v) is 4.85. The van der Waals surface area contributed by atoms with E-state index in [9.17, 15) is 13.2 Å². The number of hydrogen-bond acceptors (Lipinski definition) is 5. The number of hydrogen-bond donors (Lipinski definition) is 2. The van der Waals surface area contributed by atoms with Gasteiger partial charge in [0.1, 0.15) is 6.04 Å². The predicted molar refractivity (Wildman–Crippen MR) is 113 cm³/mol. The summed E-state index contributed by atoms with van der Waals surface area (Å²) in [5.41, 5.74) is 1.76. The van der Waals surface area contributed by atoms with Gasteiger partial charge in [-0.05, 0) is 43.5 Å². The molecule has 0 aliphatic heterocycles. The number of sulfonamides is 1. The Balaban J connectivity index is 1.80. The van der Waals surface area contributed by atoms with Crippen LogP contribution in [0.2, 0.25) is 0 Å². The summed E-state index contributed by atoms with van der Waals surface area (Å²) in [5, 5.41) is 3.21. The minimum absolute atomic E-state index is 0.131. The molecular weight excluding hydrogens is 394 g/mol. The van der Waals surface area contributed by atoms with Gasteiger partial charge in [-0.25, -0.2) is 13.4 Å². The Labute approximate surface area is 169 Å². The molecule has 1 unspecified atom stereocenters. The Hall–Kier alpha value is -2.29. The molecular formula is C20H23N3O3S2. The van der Waals surface area contributed by atoms with E-state index in [1.165, 1.54) is 23.5 Å². The number of carbonyl (C=O) groups is 1. The Kier molecular flexibility index (Phi) is 6.12. The second-order valence-corrected chi connectivity index (χ2v) is 9.84. The van der Waals surface area contributed by atoms with Crippen molar-refractivity contribution in [1.82, 2.24) is 9.71 Å². The number of amides is 1. The molecule has 2 N–H and O–H groups in total. The minimum atomic E-state index is -3.81. The number of anilines is 1. The number of rotatable bonds is 7. The molecule has 0 aliphatic carbocycles. The SMILES string of the molecule is Cc1ccc(S(=O)(=O)NC(CC(C)C)C(=O)Nc2nc3ccccc3s2)cc1. The van der Waals surface area contributed by atoms with Crippen molar-refractivity contribution in [2.24, 2.45) is 5.92 Å². The van der Waals surface area contributed by atoms with Crippen LogP contribution in [0.4, 0.5) is 5.13 Å². The molecule has 0 fully saturated rings. The minimum Gasteiger partial charge on any atom is -0.301 e. The van der Waals surface area contributed by atoms with Gasteiger partial charge >= 0.3 is 0 Å². The maximum Gasteiger partial charge on any atom is 0.244 e. The van der Waals surface area contributed by atoms with Crippen LogP contribution in [0.3, 0.4) is 0 Å². The summed E-state index contributed by atoms with van der Waals surface area (Å²) in [6, 6.07) is 13.2. The first kappa shape index (κ1) is 20.4. The first-order valence-electron chi connectivity index (χ1n) is 9.00. The van der Waals surface area contributed by atoms with E-state index in [4.69, 9.17) is 0 Å². The number of benzene rings is 2. The average molecular weight is 418 g/mol. The lowest BCUT2D eigenvalue weighted by atomic mass is 10.0. The number of aryl methyl sites for hydroxylation is 1. The third-order valence-electron chi connectivity index (χ3n) is 4.18. The van der Waals surface area contributed by atoms with E-state index in [0.717, 1.165) is 15.8 Å². The van der Waals surface area contributed by atoms with E-state index in [-0.39, 0.29) is 10.8 Å². The van der Waals surface area contributed by atoms with Crippen LogP contribution in [0.1, 0.15) is 25.8 Å². The highest BCUT2D eigenvalue weighted by Crippen LogP contribution is 2.25. The summed E-state index contributed by atoms with van der Waals surface area (Å²) >= 11 is 1.36. The van der Waals surface area contributed by atoms with Crippen molar-refractivity contribution in [3.05, 3.63) is 54.1 Å². The highest BCUT2D eigenvalue weighted by molar-refractivity contribution is 7.89. The first-order valence-corrected chi connectivity index (χ1v) is 11.3. The second-order valence-electron chi connectivity index (χ2n) is 7.09. The molecule has 1 amide bonds. The van der Waals surface area contributed by atoms with Crippen LogP contribution < -0.4 is 10.0 Å². The molecule has 6 nitrogen and oxygen atoms in total. The van der Waals surface area contributed by atoms with Crippen LogP contribution in [-0.4, -0.2) is 25.4 Å². The van der Waals surface area contributed by atoms with Crippen molar-refractivity contribution < 1.29 is 13.2 Å². The van der Waals surface area contributed by atoms with Gasteiger partial charge in [-0.3, -0.25) is 4.79 Å². The van der Waals surface area contributed by atoms with Crippen LogP contribution in [0.5, 0.6) is 0 Å². The Morgan fingerprint density at radius 1 is 1.11 bits per heavy atom. The molecule has 2 aromatic carbocycles. The van der Waals surface area contributed by atoms with E-state index >= 15 is 0 Å². The molecule has 0 saturated carbocycles. The van der Waals surface area contributed by atoms with Gasteiger partial charge in [-0.15, -0.1) is 0 Å². The van der Waals surface area contributed by atoms with Gasteiger partial charge in [0.05, 0.1) is 15.1 Å². The molecule has 8 heteroatoms.